The minimum atomic E-state index is 0.175. The number of hydrogen-bond donors (Lipinski definition) is 1. The summed E-state index contributed by atoms with van der Waals surface area (Å²) < 4.78 is 0. The first-order valence-electron chi connectivity index (χ1n) is 5.77. The molecule has 2 rings (SSSR count). The summed E-state index contributed by atoms with van der Waals surface area (Å²) in [6, 6.07) is 10.1. The topological polar surface area (TPSA) is 32.3 Å². The lowest BCUT2D eigenvalue weighted by Gasteiger charge is -2.20. The number of benzene rings is 1. The van der Waals surface area contributed by atoms with Crippen molar-refractivity contribution in [3.63, 3.8) is 0 Å². The zero-order valence-corrected chi connectivity index (χ0v) is 9.65. The minimum Gasteiger partial charge on any atom is -0.341 e. The van der Waals surface area contributed by atoms with E-state index in [4.69, 9.17) is 0 Å². The number of carbonyl (C=O) groups is 1. The summed E-state index contributed by atoms with van der Waals surface area (Å²) in [5.41, 5.74) is 1.18. The van der Waals surface area contributed by atoms with E-state index >= 15 is 0 Å². The van der Waals surface area contributed by atoms with Crippen molar-refractivity contribution in [2.24, 2.45) is 5.92 Å². The highest BCUT2D eigenvalue weighted by molar-refractivity contribution is 5.79. The summed E-state index contributed by atoms with van der Waals surface area (Å²) in [6.07, 6.45) is 0.970. The molecule has 1 aliphatic rings. The number of carbonyl (C=O) groups excluding carboxylic acids is 1. The van der Waals surface area contributed by atoms with E-state index < -0.39 is 0 Å². The van der Waals surface area contributed by atoms with Gasteiger partial charge in [0.15, 0.2) is 0 Å². The highest BCUT2D eigenvalue weighted by Crippen LogP contribution is 2.12. The maximum absolute atomic E-state index is 12.0. The predicted octanol–water partition coefficient (Wildman–Crippen LogP) is 1.25. The molecule has 1 aromatic rings. The smallest absolute Gasteiger partial charge is 0.227 e. The second-order valence-corrected chi connectivity index (χ2v) is 4.37. The molecule has 16 heavy (non-hydrogen) atoms. The quantitative estimate of drug-likeness (QED) is 0.828. The van der Waals surface area contributed by atoms with Crippen molar-refractivity contribution in [1.82, 2.24) is 10.2 Å². The van der Waals surface area contributed by atoms with E-state index in [0.717, 1.165) is 19.5 Å². The average Bonchev–Trinajstić information content (AvgIpc) is 2.83. The second-order valence-electron chi connectivity index (χ2n) is 4.37. The van der Waals surface area contributed by atoms with Gasteiger partial charge >= 0.3 is 0 Å². The van der Waals surface area contributed by atoms with Crippen molar-refractivity contribution in [3.05, 3.63) is 35.9 Å². The van der Waals surface area contributed by atoms with Gasteiger partial charge in [0.25, 0.3) is 0 Å². The van der Waals surface area contributed by atoms with Crippen LogP contribution in [0.4, 0.5) is 0 Å². The number of nitrogens with zero attached hydrogens (tertiary/aromatic N) is 1. The van der Waals surface area contributed by atoms with Crippen LogP contribution in [0.1, 0.15) is 12.0 Å². The molecule has 1 aromatic carbocycles. The highest BCUT2D eigenvalue weighted by atomic mass is 16.2. The van der Waals surface area contributed by atoms with Crippen molar-refractivity contribution in [3.8, 4) is 0 Å². The Bertz CT molecular complexity index is 344. The Morgan fingerprint density at radius 3 is 2.81 bits per heavy atom. The van der Waals surface area contributed by atoms with Crippen LogP contribution in [0.15, 0.2) is 30.3 Å². The van der Waals surface area contributed by atoms with Gasteiger partial charge in [-0.2, -0.15) is 0 Å². The van der Waals surface area contributed by atoms with Gasteiger partial charge in [0.05, 0.1) is 5.92 Å². The van der Waals surface area contributed by atoms with Crippen LogP contribution >= 0.6 is 0 Å². The number of amides is 1. The predicted molar refractivity (Wildman–Crippen MR) is 63.9 cm³/mol. The van der Waals surface area contributed by atoms with E-state index in [2.05, 4.69) is 17.4 Å². The van der Waals surface area contributed by atoms with Gasteiger partial charge in [-0.1, -0.05) is 30.3 Å². The van der Waals surface area contributed by atoms with Gasteiger partial charge in [0, 0.05) is 20.1 Å². The molecule has 86 valence electrons. The molecule has 3 nitrogen and oxygen atoms in total. The number of nitrogens with one attached hydrogen (secondary N) is 1. The molecular formula is C13H18N2O. The Balaban J connectivity index is 1.92. The largest absolute Gasteiger partial charge is 0.341 e. The molecule has 1 aliphatic heterocycles. The summed E-state index contributed by atoms with van der Waals surface area (Å²) in [5.74, 6) is 0.433. The van der Waals surface area contributed by atoms with E-state index in [-0.39, 0.29) is 11.8 Å². The van der Waals surface area contributed by atoms with Crippen molar-refractivity contribution < 1.29 is 4.79 Å². The van der Waals surface area contributed by atoms with E-state index in [1.165, 1.54) is 5.56 Å². The van der Waals surface area contributed by atoms with Crippen LogP contribution in [-0.4, -0.2) is 30.9 Å². The monoisotopic (exact) mass is 218 g/mol. The Labute approximate surface area is 96.5 Å². The molecule has 1 N–H and O–H groups in total. The standard InChI is InChI=1S/C13H18N2O/c1-15(10-11-5-3-2-4-6-11)13(16)12-7-8-14-9-12/h2-6,12,14H,7-10H2,1H3/t12-/m1/s1. The summed E-state index contributed by atoms with van der Waals surface area (Å²) in [4.78, 5) is 13.9. The summed E-state index contributed by atoms with van der Waals surface area (Å²) >= 11 is 0. The van der Waals surface area contributed by atoms with Crippen molar-refractivity contribution in [1.29, 1.82) is 0 Å². The Hall–Kier alpha value is -1.35. The van der Waals surface area contributed by atoms with Crippen LogP contribution in [0.3, 0.4) is 0 Å². The molecule has 1 fully saturated rings. The van der Waals surface area contributed by atoms with Crippen molar-refractivity contribution >= 4 is 5.91 Å². The number of rotatable bonds is 3. The Kier molecular flexibility index (Phi) is 3.57. The first-order chi connectivity index (χ1) is 7.77. The van der Waals surface area contributed by atoms with Crippen LogP contribution in [0, 0.1) is 5.92 Å². The molecule has 0 bridgehead atoms. The van der Waals surface area contributed by atoms with Crippen LogP contribution < -0.4 is 5.32 Å². The van der Waals surface area contributed by atoms with E-state index in [1.807, 2.05) is 30.1 Å². The van der Waals surface area contributed by atoms with Gasteiger partial charge < -0.3 is 10.2 Å². The maximum atomic E-state index is 12.0. The van der Waals surface area contributed by atoms with Gasteiger partial charge in [0.1, 0.15) is 0 Å². The SMILES string of the molecule is CN(Cc1ccccc1)C(=O)[C@@H]1CCNC1. The van der Waals surface area contributed by atoms with Crippen LogP contribution in [0.5, 0.6) is 0 Å². The zero-order valence-electron chi connectivity index (χ0n) is 9.65. The third-order valence-corrected chi connectivity index (χ3v) is 3.05. The fraction of sp³-hybridized carbons (Fsp3) is 0.462. The second kappa shape index (κ2) is 5.12. The molecule has 1 heterocycles. The fourth-order valence-electron chi connectivity index (χ4n) is 2.11. The first-order valence-corrected chi connectivity index (χ1v) is 5.77. The van der Waals surface area contributed by atoms with Gasteiger partial charge in [-0.05, 0) is 18.5 Å². The molecule has 1 atom stereocenters. The molecule has 0 spiro atoms. The number of hydrogen-bond acceptors (Lipinski definition) is 2. The van der Waals surface area contributed by atoms with Gasteiger partial charge in [-0.3, -0.25) is 4.79 Å². The molecule has 0 unspecified atom stereocenters. The zero-order chi connectivity index (χ0) is 11.4. The molecule has 3 heteroatoms. The molecule has 0 aromatic heterocycles. The lowest BCUT2D eigenvalue weighted by molar-refractivity contribution is -0.134. The van der Waals surface area contributed by atoms with Gasteiger partial charge in [-0.25, -0.2) is 0 Å². The first kappa shape index (κ1) is 11.1. The van der Waals surface area contributed by atoms with Crippen molar-refractivity contribution in [2.75, 3.05) is 20.1 Å². The lowest BCUT2D eigenvalue weighted by Crippen LogP contribution is -2.33. The van der Waals surface area contributed by atoms with Crippen LogP contribution in [-0.2, 0) is 11.3 Å². The Morgan fingerprint density at radius 2 is 2.19 bits per heavy atom. The third-order valence-electron chi connectivity index (χ3n) is 3.05. The van der Waals surface area contributed by atoms with E-state index in [9.17, 15) is 4.79 Å². The molecule has 1 amide bonds. The Morgan fingerprint density at radius 1 is 1.44 bits per heavy atom. The van der Waals surface area contributed by atoms with Crippen molar-refractivity contribution in [2.45, 2.75) is 13.0 Å². The molecule has 1 saturated heterocycles. The molecular weight excluding hydrogens is 200 g/mol. The molecule has 0 saturated carbocycles. The normalized spacial score (nSPS) is 19.7. The summed E-state index contributed by atoms with van der Waals surface area (Å²) in [7, 11) is 1.88. The van der Waals surface area contributed by atoms with Gasteiger partial charge in [-0.15, -0.1) is 0 Å². The van der Waals surface area contributed by atoms with Gasteiger partial charge in [0.2, 0.25) is 5.91 Å². The fourth-order valence-corrected chi connectivity index (χ4v) is 2.11. The van der Waals surface area contributed by atoms with E-state index in [0.29, 0.717) is 6.54 Å². The summed E-state index contributed by atoms with van der Waals surface area (Å²) in [6.45, 7) is 2.50. The minimum absolute atomic E-state index is 0.175. The lowest BCUT2D eigenvalue weighted by atomic mass is 10.1. The average molecular weight is 218 g/mol. The molecule has 0 radical (unpaired) electrons. The van der Waals surface area contributed by atoms with Crippen LogP contribution in [0.25, 0.3) is 0 Å². The third kappa shape index (κ3) is 2.61. The van der Waals surface area contributed by atoms with E-state index in [1.54, 1.807) is 0 Å². The van der Waals surface area contributed by atoms with Crippen LogP contribution in [0.2, 0.25) is 0 Å². The maximum Gasteiger partial charge on any atom is 0.227 e. The summed E-state index contributed by atoms with van der Waals surface area (Å²) in [5, 5.41) is 3.22. The highest BCUT2D eigenvalue weighted by Gasteiger charge is 2.24. The molecule has 0 aliphatic carbocycles.